The molecule has 0 radical (unpaired) electrons. The van der Waals surface area contributed by atoms with Gasteiger partial charge in [0.15, 0.2) is 5.78 Å². The zero-order valence-corrected chi connectivity index (χ0v) is 14.3. The Hall–Kier alpha value is -3.52. The maximum absolute atomic E-state index is 12.7. The van der Waals surface area contributed by atoms with Crippen molar-refractivity contribution in [1.82, 2.24) is 15.0 Å². The molecule has 2 aromatic carbocycles. The van der Waals surface area contributed by atoms with Crippen molar-refractivity contribution in [2.24, 2.45) is 0 Å². The van der Waals surface area contributed by atoms with E-state index >= 15 is 0 Å². The fraction of sp³-hybridized carbons (Fsp3) is 0.143. The van der Waals surface area contributed by atoms with Crippen LogP contribution in [-0.4, -0.2) is 20.8 Å². The first kappa shape index (κ1) is 16.0. The van der Waals surface area contributed by atoms with Crippen molar-refractivity contribution in [3.05, 3.63) is 82.2 Å². The van der Waals surface area contributed by atoms with Gasteiger partial charge in [-0.3, -0.25) is 4.79 Å². The number of aromatic nitrogens is 3. The molecule has 5 nitrogen and oxygen atoms in total. The highest BCUT2D eigenvalue weighted by molar-refractivity contribution is 6.13. The van der Waals surface area contributed by atoms with Gasteiger partial charge in [0, 0.05) is 11.1 Å². The molecule has 3 aromatic rings. The Morgan fingerprint density at radius 3 is 2.85 bits per heavy atom. The van der Waals surface area contributed by atoms with Gasteiger partial charge in [-0.2, -0.15) is 5.26 Å². The molecule has 4 rings (SSSR count). The highest BCUT2D eigenvalue weighted by Crippen LogP contribution is 2.27. The van der Waals surface area contributed by atoms with Gasteiger partial charge in [0.2, 0.25) is 0 Å². The van der Waals surface area contributed by atoms with E-state index in [1.807, 2.05) is 43.5 Å². The summed E-state index contributed by atoms with van der Waals surface area (Å²) in [5.41, 5.74) is 5.65. The van der Waals surface area contributed by atoms with Gasteiger partial charge in [-0.25, -0.2) is 4.68 Å². The number of carbonyl (C=O) groups excluding carboxylic acids is 1. The minimum absolute atomic E-state index is 0.00109. The van der Waals surface area contributed by atoms with Crippen molar-refractivity contribution in [1.29, 1.82) is 5.26 Å². The van der Waals surface area contributed by atoms with Crippen LogP contribution in [0.4, 0.5) is 0 Å². The molecule has 0 aliphatic heterocycles. The summed E-state index contributed by atoms with van der Waals surface area (Å²) in [5.74, 6) is 0.00109. The van der Waals surface area contributed by atoms with Gasteiger partial charge in [0.1, 0.15) is 5.69 Å². The van der Waals surface area contributed by atoms with E-state index in [0.717, 1.165) is 28.8 Å². The quantitative estimate of drug-likeness (QED) is 0.668. The van der Waals surface area contributed by atoms with Crippen molar-refractivity contribution in [3.8, 4) is 11.8 Å². The minimum atomic E-state index is 0.00109. The third kappa shape index (κ3) is 2.82. The maximum atomic E-state index is 12.7. The number of benzene rings is 2. The van der Waals surface area contributed by atoms with Crippen molar-refractivity contribution in [2.45, 2.75) is 19.8 Å². The molecule has 0 spiro atoms. The van der Waals surface area contributed by atoms with Crippen LogP contribution in [0.5, 0.6) is 0 Å². The number of allylic oxidation sites excluding steroid dienone is 1. The monoisotopic (exact) mass is 340 g/mol. The van der Waals surface area contributed by atoms with Gasteiger partial charge in [-0.05, 0) is 61.2 Å². The first-order chi connectivity index (χ1) is 12.7. The number of rotatable bonds is 2. The van der Waals surface area contributed by atoms with E-state index < -0.39 is 0 Å². The zero-order chi connectivity index (χ0) is 18.1. The van der Waals surface area contributed by atoms with Crippen LogP contribution in [0.15, 0.2) is 54.2 Å². The summed E-state index contributed by atoms with van der Waals surface area (Å²) in [7, 11) is 0. The third-order valence-corrected chi connectivity index (χ3v) is 4.63. The first-order valence-electron chi connectivity index (χ1n) is 8.42. The van der Waals surface area contributed by atoms with Gasteiger partial charge in [-0.1, -0.05) is 23.4 Å². The van der Waals surface area contributed by atoms with Gasteiger partial charge >= 0.3 is 0 Å². The molecule has 0 atom stereocenters. The predicted molar refractivity (Wildman–Crippen MR) is 97.9 cm³/mol. The Labute approximate surface area is 151 Å². The maximum Gasteiger partial charge on any atom is 0.189 e. The van der Waals surface area contributed by atoms with Crippen LogP contribution in [-0.2, 0) is 6.42 Å². The minimum Gasteiger partial charge on any atom is -0.289 e. The number of aryl methyl sites for hydroxylation is 2. The summed E-state index contributed by atoms with van der Waals surface area (Å²) in [6, 6.07) is 15.3. The number of para-hydroxylation sites is 1. The summed E-state index contributed by atoms with van der Waals surface area (Å²) in [6.45, 7) is 2.02. The molecule has 1 aliphatic carbocycles. The lowest BCUT2D eigenvalue weighted by atomic mass is 9.85. The standard InChI is InChI=1S/C21H16N4O/c1-14-4-2-3-5-20(14)25-13-18(23-24-25)11-17-8-7-16-10-15(12-22)6-9-19(16)21(17)26/h2-6,9-11,13H,7-8H2,1H3/b17-11-. The fourth-order valence-corrected chi connectivity index (χ4v) is 3.24. The van der Waals surface area contributed by atoms with E-state index in [4.69, 9.17) is 5.26 Å². The van der Waals surface area contributed by atoms with Crippen LogP contribution in [0.25, 0.3) is 11.8 Å². The van der Waals surface area contributed by atoms with E-state index in [-0.39, 0.29) is 5.78 Å². The van der Waals surface area contributed by atoms with Crippen LogP contribution in [0, 0.1) is 18.3 Å². The summed E-state index contributed by atoms with van der Waals surface area (Å²) in [5, 5.41) is 17.4. The molecule has 0 fully saturated rings. The largest absolute Gasteiger partial charge is 0.289 e. The molecule has 0 unspecified atom stereocenters. The van der Waals surface area contributed by atoms with Gasteiger partial charge < -0.3 is 0 Å². The van der Waals surface area contributed by atoms with Crippen LogP contribution >= 0.6 is 0 Å². The Bertz CT molecular complexity index is 1090. The lowest BCUT2D eigenvalue weighted by Gasteiger charge is -2.17. The summed E-state index contributed by atoms with van der Waals surface area (Å²) in [4.78, 5) is 12.7. The average molecular weight is 340 g/mol. The Kier molecular flexibility index (Phi) is 3.94. The second-order valence-corrected chi connectivity index (χ2v) is 6.36. The van der Waals surface area contributed by atoms with E-state index in [1.165, 1.54) is 0 Å². The fourth-order valence-electron chi connectivity index (χ4n) is 3.24. The summed E-state index contributed by atoms with van der Waals surface area (Å²) < 4.78 is 1.72. The predicted octanol–water partition coefficient (Wildman–Crippen LogP) is 3.66. The molecule has 0 bridgehead atoms. The number of hydrogen-bond donors (Lipinski definition) is 0. The SMILES string of the molecule is Cc1ccccc1-n1cc(/C=C2/CCc3cc(C#N)ccc3C2=O)nn1. The van der Waals surface area contributed by atoms with Gasteiger partial charge in [-0.15, -0.1) is 5.10 Å². The molecular formula is C21H16N4O. The smallest absolute Gasteiger partial charge is 0.189 e. The van der Waals surface area contributed by atoms with Crippen molar-refractivity contribution < 1.29 is 4.79 Å². The van der Waals surface area contributed by atoms with E-state index in [0.29, 0.717) is 23.2 Å². The molecule has 126 valence electrons. The lowest BCUT2D eigenvalue weighted by Crippen LogP contribution is -2.14. The number of fused-ring (bicyclic) bond motifs is 1. The average Bonchev–Trinajstić information content (AvgIpc) is 3.12. The molecule has 26 heavy (non-hydrogen) atoms. The van der Waals surface area contributed by atoms with Crippen molar-refractivity contribution >= 4 is 11.9 Å². The highest BCUT2D eigenvalue weighted by Gasteiger charge is 2.22. The number of hydrogen-bond acceptors (Lipinski definition) is 4. The zero-order valence-electron chi connectivity index (χ0n) is 14.3. The second-order valence-electron chi connectivity index (χ2n) is 6.36. The van der Waals surface area contributed by atoms with E-state index in [1.54, 1.807) is 22.9 Å². The molecule has 0 saturated carbocycles. The van der Waals surface area contributed by atoms with Crippen LogP contribution in [0.2, 0.25) is 0 Å². The van der Waals surface area contributed by atoms with E-state index in [9.17, 15) is 4.79 Å². The highest BCUT2D eigenvalue weighted by atomic mass is 16.1. The van der Waals surface area contributed by atoms with Gasteiger partial charge in [0.25, 0.3) is 0 Å². The molecule has 1 heterocycles. The third-order valence-electron chi connectivity index (χ3n) is 4.63. The summed E-state index contributed by atoms with van der Waals surface area (Å²) in [6.07, 6.45) is 5.02. The molecule has 1 aromatic heterocycles. The molecule has 0 amide bonds. The topological polar surface area (TPSA) is 71.6 Å². The van der Waals surface area contributed by atoms with Crippen LogP contribution in [0.1, 0.15) is 39.2 Å². The molecular weight excluding hydrogens is 324 g/mol. The van der Waals surface area contributed by atoms with Crippen LogP contribution in [0.3, 0.4) is 0 Å². The van der Waals surface area contributed by atoms with Crippen molar-refractivity contribution in [3.63, 3.8) is 0 Å². The Morgan fingerprint density at radius 2 is 2.04 bits per heavy atom. The molecule has 1 aliphatic rings. The second kappa shape index (κ2) is 6.41. The Morgan fingerprint density at radius 1 is 1.19 bits per heavy atom. The normalized spacial score (nSPS) is 14.9. The van der Waals surface area contributed by atoms with E-state index in [2.05, 4.69) is 16.4 Å². The molecule has 5 heteroatoms. The lowest BCUT2D eigenvalue weighted by molar-refractivity contribution is 0.102. The molecule has 0 N–H and O–H groups in total. The first-order valence-corrected chi connectivity index (χ1v) is 8.42. The number of Topliss-reactive ketones (excluding diaryl/α,β-unsaturated/α-hetero) is 1. The summed E-state index contributed by atoms with van der Waals surface area (Å²) >= 11 is 0. The van der Waals surface area contributed by atoms with Gasteiger partial charge in [0.05, 0.1) is 23.5 Å². The number of carbonyl (C=O) groups is 1. The Balaban J connectivity index is 1.65. The van der Waals surface area contributed by atoms with Crippen LogP contribution < -0.4 is 0 Å². The molecule has 0 saturated heterocycles. The number of ketones is 1. The number of nitrogens with zero attached hydrogens (tertiary/aromatic N) is 4. The number of nitriles is 1. The van der Waals surface area contributed by atoms with Crippen molar-refractivity contribution in [2.75, 3.05) is 0 Å².